The van der Waals surface area contributed by atoms with Crippen molar-refractivity contribution >= 4 is 6.48 Å². The van der Waals surface area contributed by atoms with Crippen LogP contribution in [0.3, 0.4) is 0 Å². The number of hydrogen-bond donors (Lipinski definition) is 0. The Morgan fingerprint density at radius 2 is 1.22 bits per heavy atom. The molecule has 1 saturated carbocycles. The molecule has 1 atom stereocenters. The summed E-state index contributed by atoms with van der Waals surface area (Å²) >= 11 is -2.96. The van der Waals surface area contributed by atoms with Gasteiger partial charge in [-0.05, 0) is 0 Å². The van der Waals surface area contributed by atoms with Crippen molar-refractivity contribution in [1.29, 1.82) is 0 Å². The van der Waals surface area contributed by atoms with E-state index in [9.17, 15) is 0 Å². The van der Waals surface area contributed by atoms with Gasteiger partial charge in [-0.3, -0.25) is 0 Å². The predicted octanol–water partition coefficient (Wildman–Crippen LogP) is 8.50. The monoisotopic (exact) mass is 882 g/mol. The largest absolute Gasteiger partial charge is 1.00 e. The van der Waals surface area contributed by atoms with E-state index in [-0.39, 0.29) is 41.1 Å². The number of halogens is 2. The molecular formula is C55H62Cl2Zr. The van der Waals surface area contributed by atoms with Crippen molar-refractivity contribution in [3.05, 3.63) is 158 Å². The summed E-state index contributed by atoms with van der Waals surface area (Å²) in [7, 11) is 0. The number of hydrogen-bond acceptors (Lipinski definition) is 0. The van der Waals surface area contributed by atoms with E-state index in [0.717, 1.165) is 12.8 Å². The van der Waals surface area contributed by atoms with Gasteiger partial charge >= 0.3 is 349 Å². The smallest absolute Gasteiger partial charge is 1.00 e. The van der Waals surface area contributed by atoms with E-state index in [1.165, 1.54) is 87.7 Å². The second-order valence-electron chi connectivity index (χ2n) is 19.4. The molecule has 0 nitrogen and oxygen atoms in total. The standard InChI is InChI=1S/C33H33.C13H19.C9H10.2ClH.Zr/c1-32(2,3)30-20-26-24(18-28(30)22-13-9-7-10-14-22)17-25-19-29(23-15-11-8-12-16-23)31(21-27(25)26)33(4,5)6;1-11-6-7-12(10-11)13(2)8-4-3-5-9-13;1-2-6-9-7-4-3-5-8-9;;;/h7-16,18,20-21H,17H2,1-6H3;7,10-11H,3-5,8-9H2,1-2H3;3-5,7-8H,2H2,1H3;2*1H;/q;;;;;+2/p-2. The molecule has 300 valence electrons. The summed E-state index contributed by atoms with van der Waals surface area (Å²) in [4.78, 5) is 0. The quantitative estimate of drug-likeness (QED) is 0.151. The molecule has 0 spiro atoms. The molecule has 0 N–H and O–H groups in total. The predicted molar refractivity (Wildman–Crippen MR) is 240 cm³/mol. The molecule has 0 radical (unpaired) electrons. The molecule has 0 heterocycles. The van der Waals surface area contributed by atoms with Crippen LogP contribution in [0.2, 0.25) is 0 Å². The average molecular weight is 885 g/mol. The molecule has 8 rings (SSSR count). The molecule has 5 aromatic rings. The summed E-state index contributed by atoms with van der Waals surface area (Å²) in [6.45, 7) is 22.1. The maximum absolute atomic E-state index is 2.96. The fraction of sp³-hybridized carbons (Fsp3) is 0.364. The molecule has 3 aliphatic rings. The second kappa shape index (κ2) is 17.5. The first kappa shape index (κ1) is 44.5. The maximum atomic E-state index is 2.79. The molecule has 3 aliphatic carbocycles. The fourth-order valence-electron chi connectivity index (χ4n) is 10.3. The summed E-state index contributed by atoms with van der Waals surface area (Å²) in [5.41, 5.74) is 17.9. The summed E-state index contributed by atoms with van der Waals surface area (Å²) in [5.74, 6) is 0.446. The molecule has 1 fully saturated rings. The Labute approximate surface area is 370 Å². The molecule has 1 unspecified atom stereocenters. The molecule has 0 aromatic heterocycles. The molecule has 0 saturated heterocycles. The Hall–Kier alpha value is -3.09. The number of fused-ring (bicyclic) bond motifs is 3. The van der Waals surface area contributed by atoms with E-state index in [2.05, 4.69) is 184 Å². The van der Waals surface area contributed by atoms with Crippen LogP contribution in [-0.2, 0) is 38.5 Å². The normalized spacial score (nSPS) is 17.3. The Morgan fingerprint density at radius 1 is 0.672 bits per heavy atom. The zero-order valence-corrected chi connectivity index (χ0v) is 40.3. The van der Waals surface area contributed by atoms with E-state index < -0.39 is 21.3 Å². The Bertz CT molecular complexity index is 2360. The van der Waals surface area contributed by atoms with Crippen LogP contribution in [0.5, 0.6) is 0 Å². The van der Waals surface area contributed by atoms with Gasteiger partial charge in [-0.1, -0.05) is 0 Å². The summed E-state index contributed by atoms with van der Waals surface area (Å²) in [5, 5.41) is 0. The summed E-state index contributed by atoms with van der Waals surface area (Å²) in [6, 6.07) is 42.1. The third-order valence-electron chi connectivity index (χ3n) is 13.3. The SMILES string of the molecule is CC/[C](c1ccccc1)=[Zr+2](\[C]1=CC(C2(C)CCCCC2)=CC1C)[c]1c2c(cc(C(C)(C)C)c1-c1ccccc1)-c1cc(C(C)(C)C)c(-c3ccccc3)cc1C2.[Cl-].[Cl-]. The zero-order valence-electron chi connectivity index (χ0n) is 36.3. The second-order valence-corrected chi connectivity index (χ2v) is 25.3. The third kappa shape index (κ3) is 8.32. The Kier molecular flexibility index (Phi) is 13.4. The number of rotatable bonds is 7. The number of benzene rings is 5. The Morgan fingerprint density at radius 3 is 1.79 bits per heavy atom. The summed E-state index contributed by atoms with van der Waals surface area (Å²) in [6.07, 6.45) is 14.3. The first-order valence-electron chi connectivity index (χ1n) is 21.5. The van der Waals surface area contributed by atoms with Crippen LogP contribution in [0.25, 0.3) is 33.4 Å². The minimum atomic E-state index is -2.96. The minimum Gasteiger partial charge on any atom is -1.00 e. The first-order chi connectivity index (χ1) is 26.8. The van der Waals surface area contributed by atoms with Gasteiger partial charge in [0, 0.05) is 0 Å². The molecule has 0 aliphatic heterocycles. The van der Waals surface area contributed by atoms with Crippen molar-refractivity contribution in [1.82, 2.24) is 0 Å². The molecule has 5 aromatic carbocycles. The Balaban J connectivity index is 0.00000283. The van der Waals surface area contributed by atoms with Gasteiger partial charge in [0.2, 0.25) is 0 Å². The summed E-state index contributed by atoms with van der Waals surface area (Å²) < 4.78 is 5.24. The van der Waals surface area contributed by atoms with E-state index in [0.29, 0.717) is 5.92 Å². The van der Waals surface area contributed by atoms with Crippen molar-refractivity contribution in [2.45, 2.75) is 118 Å². The number of allylic oxidation sites excluding steroid dienone is 4. The van der Waals surface area contributed by atoms with Crippen molar-refractivity contribution < 1.29 is 46.1 Å². The van der Waals surface area contributed by atoms with Crippen molar-refractivity contribution in [2.24, 2.45) is 11.3 Å². The topological polar surface area (TPSA) is 0 Å². The molecule has 0 bridgehead atoms. The van der Waals surface area contributed by atoms with Gasteiger partial charge in [-0.25, -0.2) is 0 Å². The molecule has 3 heteroatoms. The molecule has 0 amide bonds. The van der Waals surface area contributed by atoms with Crippen LogP contribution < -0.4 is 28.1 Å². The first-order valence-corrected chi connectivity index (χ1v) is 25.2. The van der Waals surface area contributed by atoms with Crippen molar-refractivity contribution in [2.75, 3.05) is 0 Å². The van der Waals surface area contributed by atoms with Gasteiger partial charge in [-0.15, -0.1) is 0 Å². The van der Waals surface area contributed by atoms with Crippen LogP contribution in [0, 0.1) is 11.3 Å². The van der Waals surface area contributed by atoms with Gasteiger partial charge in [0.1, 0.15) is 0 Å². The van der Waals surface area contributed by atoms with Gasteiger partial charge < -0.3 is 24.8 Å². The van der Waals surface area contributed by atoms with Gasteiger partial charge in [0.25, 0.3) is 0 Å². The average Bonchev–Trinajstić information content (AvgIpc) is 3.76. The van der Waals surface area contributed by atoms with Crippen LogP contribution >= 0.6 is 0 Å². The molecular weight excluding hydrogens is 823 g/mol. The van der Waals surface area contributed by atoms with E-state index >= 15 is 0 Å². The van der Waals surface area contributed by atoms with E-state index in [1.807, 2.05) is 0 Å². The van der Waals surface area contributed by atoms with Crippen LogP contribution in [-0.4, -0.2) is 3.21 Å². The van der Waals surface area contributed by atoms with Gasteiger partial charge in [0.15, 0.2) is 0 Å². The van der Waals surface area contributed by atoms with Gasteiger partial charge in [0.05, 0.1) is 0 Å². The van der Waals surface area contributed by atoms with E-state index in [4.69, 9.17) is 0 Å². The zero-order chi connectivity index (χ0) is 39.4. The van der Waals surface area contributed by atoms with Crippen LogP contribution in [0.4, 0.5) is 0 Å². The van der Waals surface area contributed by atoms with Gasteiger partial charge in [-0.2, -0.15) is 0 Å². The minimum absolute atomic E-state index is 0. The maximum Gasteiger partial charge on any atom is -1.00 e. The third-order valence-corrected chi connectivity index (χ3v) is 21.8. The van der Waals surface area contributed by atoms with Crippen LogP contribution in [0.1, 0.15) is 129 Å². The fourth-order valence-corrected chi connectivity index (χ4v) is 19.2. The van der Waals surface area contributed by atoms with Crippen molar-refractivity contribution in [3.63, 3.8) is 0 Å². The molecule has 58 heavy (non-hydrogen) atoms. The van der Waals surface area contributed by atoms with E-state index in [1.54, 1.807) is 20.9 Å². The van der Waals surface area contributed by atoms with Crippen LogP contribution in [0.15, 0.2) is 130 Å². The van der Waals surface area contributed by atoms with Crippen molar-refractivity contribution in [3.8, 4) is 33.4 Å².